The first-order chi connectivity index (χ1) is 17.1. The summed E-state index contributed by atoms with van der Waals surface area (Å²) in [5, 5.41) is 4.82. The Kier molecular flexibility index (Phi) is 6.44. The van der Waals surface area contributed by atoms with E-state index in [9.17, 15) is 9.18 Å². The Bertz CT molecular complexity index is 1510. The molecule has 1 amide bonds. The number of rotatable bonds is 8. The fraction of sp³-hybridized carbons (Fsp3) is 0.172. The minimum Gasteiger partial charge on any atom is -0.492 e. The van der Waals surface area contributed by atoms with Gasteiger partial charge in [-0.1, -0.05) is 36.4 Å². The van der Waals surface area contributed by atoms with Crippen molar-refractivity contribution in [3.05, 3.63) is 90.2 Å². The third kappa shape index (κ3) is 4.87. The molecule has 0 aliphatic carbocycles. The van der Waals surface area contributed by atoms with Gasteiger partial charge in [0.2, 0.25) is 5.91 Å². The lowest BCUT2D eigenvalue weighted by molar-refractivity contribution is -0.116. The minimum atomic E-state index is -0.291. The molecule has 6 heteroatoms. The van der Waals surface area contributed by atoms with Gasteiger partial charge in [0.1, 0.15) is 11.6 Å². The number of aromatic nitrogens is 2. The fourth-order valence-corrected chi connectivity index (χ4v) is 4.39. The van der Waals surface area contributed by atoms with Gasteiger partial charge < -0.3 is 15.0 Å². The van der Waals surface area contributed by atoms with Crippen molar-refractivity contribution in [3.63, 3.8) is 0 Å². The van der Waals surface area contributed by atoms with Gasteiger partial charge in [-0.15, -0.1) is 0 Å². The Morgan fingerprint density at radius 2 is 1.86 bits per heavy atom. The zero-order valence-electron chi connectivity index (χ0n) is 19.5. The van der Waals surface area contributed by atoms with Crippen LogP contribution in [0.2, 0.25) is 0 Å². The first-order valence-corrected chi connectivity index (χ1v) is 11.8. The van der Waals surface area contributed by atoms with E-state index in [4.69, 9.17) is 9.72 Å². The highest BCUT2D eigenvalue weighted by Gasteiger charge is 2.16. The van der Waals surface area contributed by atoms with Gasteiger partial charge in [-0.3, -0.25) is 4.79 Å². The molecule has 176 valence electrons. The zero-order valence-corrected chi connectivity index (χ0v) is 19.5. The molecule has 0 saturated carbocycles. The molecule has 5 aromatic rings. The van der Waals surface area contributed by atoms with Gasteiger partial charge in [0, 0.05) is 22.7 Å². The Morgan fingerprint density at radius 3 is 2.74 bits per heavy atom. The van der Waals surface area contributed by atoms with Gasteiger partial charge in [-0.2, -0.15) is 0 Å². The van der Waals surface area contributed by atoms with Crippen LogP contribution in [0, 0.1) is 5.82 Å². The molecule has 5 nitrogen and oxygen atoms in total. The van der Waals surface area contributed by atoms with Gasteiger partial charge in [-0.05, 0) is 67.8 Å². The van der Waals surface area contributed by atoms with Crippen molar-refractivity contribution in [2.24, 2.45) is 0 Å². The third-order valence-electron chi connectivity index (χ3n) is 6.01. The van der Waals surface area contributed by atoms with Crippen LogP contribution in [0.15, 0.2) is 78.9 Å². The van der Waals surface area contributed by atoms with E-state index in [-0.39, 0.29) is 11.7 Å². The van der Waals surface area contributed by atoms with E-state index in [1.54, 1.807) is 12.1 Å². The number of benzene rings is 3. The molecule has 2 heterocycles. The summed E-state index contributed by atoms with van der Waals surface area (Å²) in [6.45, 7) is 2.43. The molecule has 0 unspecified atom stereocenters. The average molecular weight is 468 g/mol. The summed E-state index contributed by atoms with van der Waals surface area (Å²) >= 11 is 0. The SMILES string of the molecule is CCOc1ccccc1NC(=O)CCCc1c(-c2ccc3ccccc3n2)[nH]c2ccc(F)cc12. The van der Waals surface area contributed by atoms with Crippen LogP contribution in [0.25, 0.3) is 33.2 Å². The molecule has 35 heavy (non-hydrogen) atoms. The van der Waals surface area contributed by atoms with E-state index in [0.29, 0.717) is 37.3 Å². The number of pyridine rings is 1. The molecule has 0 bridgehead atoms. The first kappa shape index (κ1) is 22.6. The van der Waals surface area contributed by atoms with E-state index in [1.165, 1.54) is 6.07 Å². The monoisotopic (exact) mass is 467 g/mol. The van der Waals surface area contributed by atoms with Crippen molar-refractivity contribution in [2.45, 2.75) is 26.2 Å². The molecule has 0 fully saturated rings. The van der Waals surface area contributed by atoms with Crippen LogP contribution in [-0.2, 0) is 11.2 Å². The van der Waals surface area contributed by atoms with Crippen molar-refractivity contribution in [1.29, 1.82) is 0 Å². The molecule has 0 aliphatic heterocycles. The minimum absolute atomic E-state index is 0.0893. The lowest BCUT2D eigenvalue weighted by atomic mass is 10.0. The number of H-pyrrole nitrogens is 1. The van der Waals surface area contributed by atoms with Crippen molar-refractivity contribution in [3.8, 4) is 17.1 Å². The van der Waals surface area contributed by atoms with Gasteiger partial charge in [0.15, 0.2) is 0 Å². The Morgan fingerprint density at radius 1 is 1.03 bits per heavy atom. The van der Waals surface area contributed by atoms with Crippen molar-refractivity contribution >= 4 is 33.4 Å². The highest BCUT2D eigenvalue weighted by molar-refractivity contribution is 5.93. The van der Waals surface area contributed by atoms with E-state index < -0.39 is 0 Å². The van der Waals surface area contributed by atoms with E-state index in [0.717, 1.165) is 38.8 Å². The normalized spacial score (nSPS) is 11.1. The summed E-state index contributed by atoms with van der Waals surface area (Å²) < 4.78 is 19.7. The fourth-order valence-electron chi connectivity index (χ4n) is 4.39. The molecule has 3 aromatic carbocycles. The molecule has 0 radical (unpaired) electrons. The smallest absolute Gasteiger partial charge is 0.224 e. The molecular weight excluding hydrogens is 441 g/mol. The van der Waals surface area contributed by atoms with E-state index in [2.05, 4.69) is 10.3 Å². The highest BCUT2D eigenvalue weighted by atomic mass is 19.1. The largest absolute Gasteiger partial charge is 0.492 e. The Hall–Kier alpha value is -4.19. The number of halogens is 1. The Labute approximate surface area is 203 Å². The number of aromatic amines is 1. The average Bonchev–Trinajstić information content (AvgIpc) is 3.22. The maximum absolute atomic E-state index is 14.1. The maximum Gasteiger partial charge on any atom is 0.224 e. The van der Waals surface area contributed by atoms with Crippen LogP contribution >= 0.6 is 0 Å². The summed E-state index contributed by atoms with van der Waals surface area (Å²) in [5.41, 5.74) is 5.03. The second-order valence-corrected chi connectivity index (χ2v) is 8.39. The Balaban J connectivity index is 1.38. The van der Waals surface area contributed by atoms with Gasteiger partial charge >= 0.3 is 0 Å². The van der Waals surface area contributed by atoms with Crippen molar-refractivity contribution in [2.75, 3.05) is 11.9 Å². The second kappa shape index (κ2) is 9.97. The van der Waals surface area contributed by atoms with E-state index in [1.807, 2.05) is 67.6 Å². The van der Waals surface area contributed by atoms with Crippen LogP contribution < -0.4 is 10.1 Å². The van der Waals surface area contributed by atoms with Crippen LogP contribution in [0.1, 0.15) is 25.3 Å². The number of nitrogens with one attached hydrogen (secondary N) is 2. The predicted molar refractivity (Wildman–Crippen MR) is 138 cm³/mol. The molecule has 2 aromatic heterocycles. The van der Waals surface area contributed by atoms with Crippen molar-refractivity contribution < 1.29 is 13.9 Å². The number of hydrogen-bond acceptors (Lipinski definition) is 3. The summed E-state index contributed by atoms with van der Waals surface area (Å²) in [7, 11) is 0. The first-order valence-electron chi connectivity index (χ1n) is 11.8. The molecule has 2 N–H and O–H groups in total. The molecule has 0 saturated heterocycles. The molecule has 0 aliphatic rings. The number of carbonyl (C=O) groups excluding carboxylic acids is 1. The van der Waals surface area contributed by atoms with Crippen molar-refractivity contribution in [1.82, 2.24) is 9.97 Å². The number of amides is 1. The summed E-state index contributed by atoms with van der Waals surface area (Å²) in [5.74, 6) is 0.273. The number of carbonyl (C=O) groups is 1. The van der Waals surface area contributed by atoms with Gasteiger partial charge in [0.05, 0.1) is 29.2 Å². The van der Waals surface area contributed by atoms with Crippen LogP contribution in [0.5, 0.6) is 5.75 Å². The summed E-state index contributed by atoms with van der Waals surface area (Å²) in [4.78, 5) is 20.9. The topological polar surface area (TPSA) is 67.0 Å². The number of ether oxygens (including phenoxy) is 1. The second-order valence-electron chi connectivity index (χ2n) is 8.39. The lowest BCUT2D eigenvalue weighted by Crippen LogP contribution is -2.12. The van der Waals surface area contributed by atoms with E-state index >= 15 is 0 Å². The summed E-state index contributed by atoms with van der Waals surface area (Å²) in [6, 6.07) is 24.1. The number of fused-ring (bicyclic) bond motifs is 2. The number of nitrogens with zero attached hydrogens (tertiary/aromatic N) is 1. The maximum atomic E-state index is 14.1. The number of para-hydroxylation sites is 3. The quantitative estimate of drug-likeness (QED) is 0.261. The lowest BCUT2D eigenvalue weighted by Gasteiger charge is -2.11. The number of anilines is 1. The van der Waals surface area contributed by atoms with Crippen LogP contribution in [0.3, 0.4) is 0 Å². The third-order valence-corrected chi connectivity index (χ3v) is 6.01. The molecular formula is C29H26FN3O2. The highest BCUT2D eigenvalue weighted by Crippen LogP contribution is 2.32. The molecule has 5 rings (SSSR count). The molecule has 0 spiro atoms. The standard InChI is InChI=1S/C29H26FN3O2/c1-2-35-27-12-6-5-11-25(27)32-28(34)13-7-9-21-22-18-20(30)15-17-24(22)33-29(21)26-16-14-19-8-3-4-10-23(19)31-26/h3-6,8,10-12,14-18,33H,2,7,9,13H2,1H3,(H,32,34). The zero-order chi connectivity index (χ0) is 24.2. The summed E-state index contributed by atoms with van der Waals surface area (Å²) in [6.07, 6.45) is 1.54. The number of hydrogen-bond donors (Lipinski definition) is 2. The van der Waals surface area contributed by atoms with Crippen LogP contribution in [0.4, 0.5) is 10.1 Å². The van der Waals surface area contributed by atoms with Crippen LogP contribution in [-0.4, -0.2) is 22.5 Å². The van der Waals surface area contributed by atoms with Gasteiger partial charge in [-0.25, -0.2) is 9.37 Å². The predicted octanol–water partition coefficient (Wildman–Crippen LogP) is 6.88. The molecule has 0 atom stereocenters. The number of aryl methyl sites for hydroxylation is 1. The van der Waals surface area contributed by atoms with Gasteiger partial charge in [0.25, 0.3) is 0 Å².